The molecule has 2 aromatic rings. The zero-order chi connectivity index (χ0) is 16.5. The first kappa shape index (κ1) is 16.7. The molecule has 0 aliphatic rings. The largest absolute Gasteiger partial charge is 0.395 e. The molecular formula is C18H20N2O3. The van der Waals surface area contributed by atoms with Gasteiger partial charge < -0.3 is 15.3 Å². The summed E-state index contributed by atoms with van der Waals surface area (Å²) in [6.07, 6.45) is 1.33. The number of nitrogens with zero attached hydrogens (tertiary/aromatic N) is 1. The van der Waals surface area contributed by atoms with Crippen LogP contribution in [0.5, 0.6) is 0 Å². The smallest absolute Gasteiger partial charge is 0.253 e. The standard InChI is InChI=1S/C18H20N2O3/c21-13-12-20(11-10-15-4-2-1-3-5-15)18(23)16-6-8-17(9-7-16)19-14-22/h1-9,14,21H,10-13H2,(H,19,22). The molecule has 0 fully saturated rings. The van der Waals surface area contributed by atoms with Crippen molar-refractivity contribution in [2.75, 3.05) is 25.0 Å². The highest BCUT2D eigenvalue weighted by Gasteiger charge is 2.15. The Kier molecular flexibility index (Phi) is 6.32. The number of benzene rings is 2. The van der Waals surface area contributed by atoms with Gasteiger partial charge in [0.05, 0.1) is 6.61 Å². The number of aliphatic hydroxyl groups excluding tert-OH is 1. The minimum Gasteiger partial charge on any atom is -0.395 e. The van der Waals surface area contributed by atoms with Crippen LogP contribution < -0.4 is 5.32 Å². The summed E-state index contributed by atoms with van der Waals surface area (Å²) in [4.78, 5) is 24.6. The highest BCUT2D eigenvalue weighted by molar-refractivity contribution is 5.94. The van der Waals surface area contributed by atoms with Gasteiger partial charge in [0.25, 0.3) is 5.91 Å². The molecule has 2 aromatic carbocycles. The van der Waals surface area contributed by atoms with E-state index >= 15 is 0 Å². The molecule has 0 bridgehead atoms. The van der Waals surface area contributed by atoms with Crippen molar-refractivity contribution in [1.29, 1.82) is 0 Å². The first-order chi connectivity index (χ1) is 11.2. The average molecular weight is 312 g/mol. The molecule has 2 N–H and O–H groups in total. The normalized spacial score (nSPS) is 10.1. The zero-order valence-electron chi connectivity index (χ0n) is 12.8. The third-order valence-corrected chi connectivity index (χ3v) is 3.53. The fraction of sp³-hybridized carbons (Fsp3) is 0.222. The van der Waals surface area contributed by atoms with Crippen molar-refractivity contribution < 1.29 is 14.7 Å². The summed E-state index contributed by atoms with van der Waals surface area (Å²) in [5.41, 5.74) is 2.31. The Bertz CT molecular complexity index is 626. The molecule has 0 spiro atoms. The fourth-order valence-electron chi connectivity index (χ4n) is 2.30. The second-order valence-corrected chi connectivity index (χ2v) is 5.09. The minimum atomic E-state index is -0.132. The molecule has 5 nitrogen and oxygen atoms in total. The maximum atomic E-state index is 12.6. The SMILES string of the molecule is O=CNc1ccc(C(=O)N(CCO)CCc2ccccc2)cc1. The van der Waals surface area contributed by atoms with Crippen LogP contribution in [0.25, 0.3) is 0 Å². The van der Waals surface area contributed by atoms with Gasteiger partial charge >= 0.3 is 0 Å². The summed E-state index contributed by atoms with van der Waals surface area (Å²) in [5.74, 6) is -0.132. The maximum Gasteiger partial charge on any atom is 0.253 e. The lowest BCUT2D eigenvalue weighted by molar-refractivity contribution is -0.105. The molecular weight excluding hydrogens is 292 g/mol. The molecule has 5 heteroatoms. The molecule has 23 heavy (non-hydrogen) atoms. The molecule has 0 aliphatic carbocycles. The van der Waals surface area contributed by atoms with E-state index in [9.17, 15) is 14.7 Å². The Hall–Kier alpha value is -2.66. The second-order valence-electron chi connectivity index (χ2n) is 5.09. The van der Waals surface area contributed by atoms with Crippen molar-refractivity contribution in [3.05, 3.63) is 65.7 Å². The molecule has 120 valence electrons. The molecule has 0 aliphatic heterocycles. The van der Waals surface area contributed by atoms with Gasteiger partial charge in [-0.3, -0.25) is 9.59 Å². The minimum absolute atomic E-state index is 0.0781. The first-order valence-electron chi connectivity index (χ1n) is 7.49. The van der Waals surface area contributed by atoms with E-state index in [-0.39, 0.29) is 12.5 Å². The molecule has 2 rings (SSSR count). The van der Waals surface area contributed by atoms with E-state index in [0.29, 0.717) is 30.8 Å². The molecule has 0 saturated carbocycles. The van der Waals surface area contributed by atoms with Gasteiger partial charge in [-0.05, 0) is 36.2 Å². The van der Waals surface area contributed by atoms with E-state index in [1.807, 2.05) is 30.3 Å². The van der Waals surface area contributed by atoms with Gasteiger partial charge in [-0.15, -0.1) is 0 Å². The van der Waals surface area contributed by atoms with Crippen LogP contribution in [0.15, 0.2) is 54.6 Å². The summed E-state index contributed by atoms with van der Waals surface area (Å²) < 4.78 is 0. The number of carbonyl (C=O) groups excluding carboxylic acids is 2. The Balaban J connectivity index is 2.03. The quantitative estimate of drug-likeness (QED) is 0.732. The van der Waals surface area contributed by atoms with Gasteiger partial charge in [-0.2, -0.15) is 0 Å². The summed E-state index contributed by atoms with van der Waals surface area (Å²) in [5, 5.41) is 11.7. The van der Waals surface area contributed by atoms with Crippen LogP contribution in [0.4, 0.5) is 5.69 Å². The monoisotopic (exact) mass is 312 g/mol. The summed E-state index contributed by atoms with van der Waals surface area (Å²) >= 11 is 0. The summed E-state index contributed by atoms with van der Waals surface area (Å²) in [6.45, 7) is 0.753. The van der Waals surface area contributed by atoms with Gasteiger partial charge in [-0.1, -0.05) is 30.3 Å². The number of amides is 2. The third kappa shape index (κ3) is 4.93. The lowest BCUT2D eigenvalue weighted by Crippen LogP contribution is -2.35. The van der Waals surface area contributed by atoms with Crippen LogP contribution in [0, 0.1) is 0 Å². The van der Waals surface area contributed by atoms with E-state index in [1.165, 1.54) is 0 Å². The Morgan fingerprint density at radius 3 is 2.35 bits per heavy atom. The van der Waals surface area contributed by atoms with E-state index in [1.54, 1.807) is 29.2 Å². The number of anilines is 1. The Morgan fingerprint density at radius 1 is 1.04 bits per heavy atom. The van der Waals surface area contributed by atoms with Crippen LogP contribution in [-0.2, 0) is 11.2 Å². The molecule has 0 unspecified atom stereocenters. The number of nitrogens with one attached hydrogen (secondary N) is 1. The zero-order valence-corrected chi connectivity index (χ0v) is 12.8. The van der Waals surface area contributed by atoms with E-state index < -0.39 is 0 Å². The van der Waals surface area contributed by atoms with Crippen LogP contribution in [0.1, 0.15) is 15.9 Å². The van der Waals surface area contributed by atoms with E-state index in [4.69, 9.17) is 0 Å². The number of hydrogen-bond acceptors (Lipinski definition) is 3. The number of carbonyl (C=O) groups is 2. The molecule has 0 aromatic heterocycles. The molecule has 0 saturated heterocycles. The van der Waals surface area contributed by atoms with Crippen LogP contribution in [0.2, 0.25) is 0 Å². The number of rotatable bonds is 8. The van der Waals surface area contributed by atoms with Crippen LogP contribution in [-0.4, -0.2) is 42.0 Å². The van der Waals surface area contributed by atoms with Crippen molar-refractivity contribution in [3.8, 4) is 0 Å². The Labute approximate surface area is 135 Å². The summed E-state index contributed by atoms with van der Waals surface area (Å²) in [6, 6.07) is 16.6. The van der Waals surface area contributed by atoms with Gasteiger partial charge in [0.1, 0.15) is 0 Å². The van der Waals surface area contributed by atoms with Crippen molar-refractivity contribution in [1.82, 2.24) is 4.90 Å². The van der Waals surface area contributed by atoms with Gasteiger partial charge in [0.15, 0.2) is 0 Å². The van der Waals surface area contributed by atoms with Crippen LogP contribution >= 0.6 is 0 Å². The second kappa shape index (κ2) is 8.70. The van der Waals surface area contributed by atoms with Gasteiger partial charge in [0.2, 0.25) is 6.41 Å². The average Bonchev–Trinajstić information content (AvgIpc) is 2.60. The van der Waals surface area contributed by atoms with E-state index in [0.717, 1.165) is 12.0 Å². The van der Waals surface area contributed by atoms with Crippen molar-refractivity contribution >= 4 is 18.0 Å². The highest BCUT2D eigenvalue weighted by atomic mass is 16.3. The predicted molar refractivity (Wildman–Crippen MR) is 89.3 cm³/mol. The molecule has 0 radical (unpaired) electrons. The fourth-order valence-corrected chi connectivity index (χ4v) is 2.30. The third-order valence-electron chi connectivity index (χ3n) is 3.53. The first-order valence-corrected chi connectivity index (χ1v) is 7.49. The van der Waals surface area contributed by atoms with Gasteiger partial charge in [0, 0.05) is 24.3 Å². The molecule has 0 atom stereocenters. The van der Waals surface area contributed by atoms with Crippen molar-refractivity contribution in [2.24, 2.45) is 0 Å². The molecule has 2 amide bonds. The maximum absolute atomic E-state index is 12.6. The lowest BCUT2D eigenvalue weighted by Gasteiger charge is -2.22. The topological polar surface area (TPSA) is 69.6 Å². The van der Waals surface area contributed by atoms with Gasteiger partial charge in [-0.25, -0.2) is 0 Å². The molecule has 0 heterocycles. The van der Waals surface area contributed by atoms with Crippen molar-refractivity contribution in [2.45, 2.75) is 6.42 Å². The summed E-state index contributed by atoms with van der Waals surface area (Å²) in [7, 11) is 0. The Morgan fingerprint density at radius 2 is 1.74 bits per heavy atom. The lowest BCUT2D eigenvalue weighted by atomic mass is 10.1. The number of hydrogen-bond donors (Lipinski definition) is 2. The highest BCUT2D eigenvalue weighted by Crippen LogP contribution is 2.12. The number of aliphatic hydroxyl groups is 1. The van der Waals surface area contributed by atoms with Crippen molar-refractivity contribution in [3.63, 3.8) is 0 Å². The van der Waals surface area contributed by atoms with Crippen LogP contribution in [0.3, 0.4) is 0 Å². The van der Waals surface area contributed by atoms with E-state index in [2.05, 4.69) is 5.32 Å². The predicted octanol–water partition coefficient (Wildman–Crippen LogP) is 1.93.